The molecule has 0 saturated carbocycles. The van der Waals surface area contributed by atoms with Gasteiger partial charge in [-0.25, -0.2) is 9.48 Å². The minimum Gasteiger partial charge on any atom is -0.481 e. The molecule has 3 unspecified atom stereocenters. The van der Waals surface area contributed by atoms with Crippen LogP contribution in [0.1, 0.15) is 54.5 Å². The minimum absolute atomic E-state index is 0.0701. The summed E-state index contributed by atoms with van der Waals surface area (Å²) in [5.74, 6) is -3.80. The van der Waals surface area contributed by atoms with Crippen molar-refractivity contribution in [1.82, 2.24) is 14.3 Å². The highest BCUT2D eigenvalue weighted by molar-refractivity contribution is 8.23. The molecule has 0 aliphatic carbocycles. The summed E-state index contributed by atoms with van der Waals surface area (Å²) in [6.07, 6.45) is 4.86. The Morgan fingerprint density at radius 1 is 1.16 bits per heavy atom. The van der Waals surface area contributed by atoms with Crippen molar-refractivity contribution in [3.8, 4) is 5.75 Å². The van der Waals surface area contributed by atoms with E-state index in [1.165, 1.54) is 10.6 Å². The highest BCUT2D eigenvalue weighted by Crippen LogP contribution is 2.35. The number of ketones is 1. The van der Waals surface area contributed by atoms with E-state index in [0.29, 0.717) is 16.3 Å². The van der Waals surface area contributed by atoms with Gasteiger partial charge in [0.1, 0.15) is 5.75 Å². The third kappa shape index (κ3) is 6.48. The van der Waals surface area contributed by atoms with Crippen LogP contribution in [0.2, 0.25) is 0 Å². The van der Waals surface area contributed by atoms with Crippen molar-refractivity contribution in [2.75, 3.05) is 6.61 Å². The lowest BCUT2D eigenvalue weighted by Gasteiger charge is -2.21. The number of hydrogen-bond acceptors (Lipinski definition) is 8. The molecule has 0 bridgehead atoms. The van der Waals surface area contributed by atoms with Crippen molar-refractivity contribution in [2.45, 2.75) is 45.8 Å². The number of rotatable bonds is 11. The SMILES string of the molecule is Cc1c(C(=O)C(N)=O)c2c(OCC(=O)O)cccc2n1C(=O)C(C)CC(C)CC(C)SC(=S)n1cccn1. The molecular formula is C26H30N4O6S2. The van der Waals surface area contributed by atoms with E-state index < -0.39 is 30.2 Å². The smallest absolute Gasteiger partial charge is 0.341 e. The molecule has 0 fully saturated rings. The van der Waals surface area contributed by atoms with Crippen LogP contribution < -0.4 is 10.5 Å². The fourth-order valence-corrected chi connectivity index (χ4v) is 6.20. The Morgan fingerprint density at radius 3 is 2.47 bits per heavy atom. The largest absolute Gasteiger partial charge is 0.481 e. The Kier molecular flexibility index (Phi) is 9.45. The highest BCUT2D eigenvalue weighted by atomic mass is 32.2. The lowest BCUT2D eigenvalue weighted by atomic mass is 9.93. The maximum atomic E-state index is 13.7. The number of aliphatic carboxylic acids is 1. The zero-order valence-corrected chi connectivity index (χ0v) is 23.2. The molecule has 12 heteroatoms. The van der Waals surface area contributed by atoms with E-state index in [-0.39, 0.29) is 39.5 Å². The van der Waals surface area contributed by atoms with Crippen LogP contribution in [-0.2, 0) is 9.59 Å². The number of carboxylic acid groups (broad SMARTS) is 1. The highest BCUT2D eigenvalue weighted by Gasteiger charge is 2.30. The Hall–Kier alpha value is -3.51. The van der Waals surface area contributed by atoms with Gasteiger partial charge in [0.25, 0.3) is 11.7 Å². The average Bonchev–Trinajstić information content (AvgIpc) is 3.48. The predicted octanol–water partition coefficient (Wildman–Crippen LogP) is 3.93. The quantitative estimate of drug-likeness (QED) is 0.203. The number of thioether (sulfide) groups is 1. The number of primary amides is 1. The lowest BCUT2D eigenvalue weighted by Crippen LogP contribution is -2.26. The fourth-order valence-electron chi connectivity index (χ4n) is 4.61. The van der Waals surface area contributed by atoms with Crippen LogP contribution in [0.5, 0.6) is 5.75 Å². The first kappa shape index (κ1) is 29.1. The topological polar surface area (TPSA) is 147 Å². The zero-order valence-electron chi connectivity index (χ0n) is 21.5. The molecule has 3 aromatic rings. The van der Waals surface area contributed by atoms with E-state index in [9.17, 15) is 19.2 Å². The number of aromatic nitrogens is 3. The first-order valence-electron chi connectivity index (χ1n) is 12.0. The number of carboxylic acids is 1. The van der Waals surface area contributed by atoms with Gasteiger partial charge in [-0.1, -0.05) is 50.8 Å². The van der Waals surface area contributed by atoms with E-state index in [2.05, 4.69) is 18.9 Å². The second kappa shape index (κ2) is 12.4. The summed E-state index contributed by atoms with van der Waals surface area (Å²) in [4.78, 5) is 49.3. The number of benzene rings is 1. The first-order valence-corrected chi connectivity index (χ1v) is 13.3. The number of carbonyl (C=O) groups is 4. The molecule has 0 saturated heterocycles. The molecule has 1 aromatic carbocycles. The molecule has 2 aromatic heterocycles. The molecule has 0 aliphatic heterocycles. The van der Waals surface area contributed by atoms with Crippen molar-refractivity contribution in [1.29, 1.82) is 0 Å². The van der Waals surface area contributed by atoms with E-state index in [4.69, 9.17) is 27.8 Å². The third-order valence-electron chi connectivity index (χ3n) is 6.12. The van der Waals surface area contributed by atoms with Gasteiger partial charge in [0.05, 0.1) is 16.5 Å². The molecule has 202 valence electrons. The van der Waals surface area contributed by atoms with Crippen LogP contribution in [0.3, 0.4) is 0 Å². The molecule has 10 nitrogen and oxygen atoms in total. The summed E-state index contributed by atoms with van der Waals surface area (Å²) in [7, 11) is 0. The van der Waals surface area contributed by atoms with Crippen LogP contribution in [0, 0.1) is 18.8 Å². The number of amides is 1. The van der Waals surface area contributed by atoms with Gasteiger partial charge in [0, 0.05) is 29.3 Å². The van der Waals surface area contributed by atoms with Gasteiger partial charge in [0.2, 0.25) is 5.91 Å². The van der Waals surface area contributed by atoms with Crippen LogP contribution in [0.4, 0.5) is 0 Å². The summed E-state index contributed by atoms with van der Waals surface area (Å²) in [5.41, 5.74) is 5.80. The van der Waals surface area contributed by atoms with Gasteiger partial charge in [-0.05, 0) is 43.9 Å². The molecule has 1 amide bonds. The van der Waals surface area contributed by atoms with Gasteiger partial charge >= 0.3 is 5.97 Å². The summed E-state index contributed by atoms with van der Waals surface area (Å²) >= 11 is 6.99. The van der Waals surface area contributed by atoms with Crippen molar-refractivity contribution in [3.63, 3.8) is 0 Å². The van der Waals surface area contributed by atoms with Crippen molar-refractivity contribution >= 4 is 62.8 Å². The molecule has 38 heavy (non-hydrogen) atoms. The normalized spacial score (nSPS) is 13.6. The minimum atomic E-state index is -1.21. The van der Waals surface area contributed by atoms with Gasteiger partial charge in [-0.3, -0.25) is 19.0 Å². The lowest BCUT2D eigenvalue weighted by molar-refractivity contribution is -0.139. The number of thiocarbonyl (C=S) groups is 1. The van der Waals surface area contributed by atoms with Crippen molar-refractivity contribution < 1.29 is 29.0 Å². The number of fused-ring (bicyclic) bond motifs is 1. The number of hydrogen-bond donors (Lipinski definition) is 2. The summed E-state index contributed by atoms with van der Waals surface area (Å²) in [6.45, 7) is 6.86. The standard InChI is InChI=1S/C26H30N4O6S2/c1-14(12-16(3)38-26(37)29-10-6-9-28-29)11-15(2)25(35)30-17(4)21(23(33)24(27)34)22-18(30)7-5-8-19(22)36-13-20(31)32/h5-10,14-16H,11-13H2,1-4H3,(H2,27,34)(H,31,32). The maximum Gasteiger partial charge on any atom is 0.341 e. The van der Waals surface area contributed by atoms with Crippen molar-refractivity contribution in [3.05, 3.63) is 47.9 Å². The summed E-state index contributed by atoms with van der Waals surface area (Å²) in [5, 5.41) is 13.6. The third-order valence-corrected chi connectivity index (χ3v) is 7.58. The molecule has 0 aliphatic rings. The van der Waals surface area contributed by atoms with Gasteiger partial charge in [0.15, 0.2) is 10.9 Å². The summed E-state index contributed by atoms with van der Waals surface area (Å²) in [6, 6.07) is 6.51. The molecule has 2 heterocycles. The monoisotopic (exact) mass is 558 g/mol. The van der Waals surface area contributed by atoms with Crippen LogP contribution in [0.15, 0.2) is 36.7 Å². The Bertz CT molecular complexity index is 1380. The molecule has 3 N–H and O–H groups in total. The van der Waals surface area contributed by atoms with Gasteiger partial charge in [-0.2, -0.15) is 5.10 Å². The van der Waals surface area contributed by atoms with Crippen molar-refractivity contribution in [2.24, 2.45) is 17.6 Å². The van der Waals surface area contributed by atoms with E-state index in [0.717, 1.165) is 6.42 Å². The molecule has 0 spiro atoms. The molecule has 3 atom stereocenters. The second-order valence-electron chi connectivity index (χ2n) is 9.28. The molecule has 0 radical (unpaired) electrons. The Morgan fingerprint density at radius 2 is 1.87 bits per heavy atom. The van der Waals surface area contributed by atoms with E-state index in [1.807, 2.05) is 13.0 Å². The Balaban J connectivity index is 1.85. The van der Waals surface area contributed by atoms with Gasteiger partial charge in [-0.15, -0.1) is 0 Å². The number of nitrogens with zero attached hydrogens (tertiary/aromatic N) is 3. The number of carbonyl (C=O) groups excluding carboxylic acids is 3. The number of nitrogens with two attached hydrogens (primary N) is 1. The molecule has 3 rings (SSSR count). The number of Topliss-reactive ketones (excluding diaryl/α,β-unsaturated/α-hetero) is 1. The zero-order chi connectivity index (χ0) is 28.1. The summed E-state index contributed by atoms with van der Waals surface area (Å²) < 4.78 is 9.07. The second-order valence-corrected chi connectivity index (χ2v) is 11.4. The van der Waals surface area contributed by atoms with Crippen LogP contribution in [0.25, 0.3) is 10.9 Å². The molecular weight excluding hydrogens is 528 g/mol. The first-order chi connectivity index (χ1) is 17.9. The van der Waals surface area contributed by atoms with E-state index >= 15 is 0 Å². The van der Waals surface area contributed by atoms with E-state index in [1.54, 1.807) is 47.9 Å². The average molecular weight is 559 g/mol. The maximum absolute atomic E-state index is 13.7. The number of ether oxygens (including phenoxy) is 1. The van der Waals surface area contributed by atoms with Crippen LogP contribution >= 0.6 is 24.0 Å². The Labute approximate surface area is 229 Å². The fraction of sp³-hybridized carbons (Fsp3) is 0.385. The van der Waals surface area contributed by atoms with Gasteiger partial charge < -0.3 is 15.6 Å². The predicted molar refractivity (Wildman–Crippen MR) is 149 cm³/mol. The van der Waals surface area contributed by atoms with Crippen LogP contribution in [-0.4, -0.2) is 59.2 Å².